The fraction of sp³-hybridized carbons (Fsp3) is 0.583. The number of nitrogens with zero attached hydrogens (tertiary/aromatic N) is 4. The van der Waals surface area contributed by atoms with Crippen LogP contribution in [0, 0.1) is 19.8 Å². The van der Waals surface area contributed by atoms with Crippen molar-refractivity contribution < 1.29 is 4.74 Å². The van der Waals surface area contributed by atoms with Crippen LogP contribution in [0.2, 0.25) is 0 Å². The molecule has 3 rings (SSSR count). The Balaban J connectivity index is 1.30. The molecule has 1 aliphatic rings. The molecule has 1 aromatic carbocycles. The summed E-state index contributed by atoms with van der Waals surface area (Å²) in [5, 5.41) is 11.5. The molecule has 0 radical (unpaired) electrons. The highest BCUT2D eigenvalue weighted by molar-refractivity contribution is 5.79. The number of aromatic nitrogens is 2. The van der Waals surface area contributed by atoms with E-state index in [2.05, 4.69) is 55.4 Å². The van der Waals surface area contributed by atoms with Crippen LogP contribution >= 0.6 is 0 Å². The zero-order valence-corrected chi connectivity index (χ0v) is 19.5. The molecule has 0 aliphatic carbocycles. The van der Waals surface area contributed by atoms with Crippen LogP contribution in [-0.4, -0.2) is 61.0 Å². The van der Waals surface area contributed by atoms with Crippen LogP contribution < -0.4 is 15.4 Å². The molecule has 7 nitrogen and oxygen atoms in total. The summed E-state index contributed by atoms with van der Waals surface area (Å²) in [7, 11) is 3.55. The Kier molecular flexibility index (Phi) is 8.76. The zero-order valence-electron chi connectivity index (χ0n) is 19.5. The van der Waals surface area contributed by atoms with Gasteiger partial charge in [0, 0.05) is 38.9 Å². The van der Waals surface area contributed by atoms with Crippen LogP contribution in [0.3, 0.4) is 0 Å². The average molecular weight is 427 g/mol. The Morgan fingerprint density at radius 3 is 2.52 bits per heavy atom. The van der Waals surface area contributed by atoms with Crippen molar-refractivity contribution in [2.24, 2.45) is 10.9 Å². The van der Waals surface area contributed by atoms with Gasteiger partial charge in [0.05, 0.1) is 12.8 Å². The van der Waals surface area contributed by atoms with Crippen molar-refractivity contribution in [2.75, 3.05) is 40.3 Å². The van der Waals surface area contributed by atoms with Gasteiger partial charge in [-0.3, -0.25) is 14.6 Å². The van der Waals surface area contributed by atoms with Crippen molar-refractivity contribution in [1.29, 1.82) is 0 Å². The minimum atomic E-state index is 0.695. The van der Waals surface area contributed by atoms with Crippen LogP contribution in [0.5, 0.6) is 5.75 Å². The van der Waals surface area contributed by atoms with E-state index in [1.807, 2.05) is 26.1 Å². The standard InChI is InChI=1S/C24H38N6O/c1-19-16-20(2)30(28-19)13-5-12-26-24(25-3)27-17-21-10-14-29(15-11-21)18-22-6-8-23(31-4)9-7-22/h6-9,16,21H,5,10-15,17-18H2,1-4H3,(H2,25,26,27). The van der Waals surface area contributed by atoms with Gasteiger partial charge < -0.3 is 15.4 Å². The van der Waals surface area contributed by atoms with Crippen molar-refractivity contribution in [2.45, 2.75) is 46.2 Å². The number of piperidine rings is 1. The molecule has 0 bridgehead atoms. The molecule has 170 valence electrons. The number of likely N-dealkylation sites (tertiary alicyclic amines) is 1. The Labute approximate surface area is 186 Å². The number of ether oxygens (including phenoxy) is 1. The first-order chi connectivity index (χ1) is 15.1. The number of hydrogen-bond acceptors (Lipinski definition) is 4. The molecule has 31 heavy (non-hydrogen) atoms. The molecule has 1 aliphatic heterocycles. The lowest BCUT2D eigenvalue weighted by Crippen LogP contribution is -2.43. The van der Waals surface area contributed by atoms with E-state index in [1.165, 1.54) is 24.1 Å². The highest BCUT2D eigenvalue weighted by atomic mass is 16.5. The van der Waals surface area contributed by atoms with E-state index in [9.17, 15) is 0 Å². The normalized spacial score (nSPS) is 15.8. The van der Waals surface area contributed by atoms with Crippen molar-refractivity contribution in [1.82, 2.24) is 25.3 Å². The monoisotopic (exact) mass is 426 g/mol. The number of aryl methyl sites for hydroxylation is 3. The van der Waals surface area contributed by atoms with Crippen molar-refractivity contribution >= 4 is 5.96 Å². The molecular formula is C24H38N6O. The lowest BCUT2D eigenvalue weighted by Gasteiger charge is -2.32. The van der Waals surface area contributed by atoms with Crippen LogP contribution in [0.25, 0.3) is 0 Å². The third-order valence-corrected chi connectivity index (χ3v) is 6.00. The largest absolute Gasteiger partial charge is 0.497 e. The predicted molar refractivity (Wildman–Crippen MR) is 127 cm³/mol. The summed E-state index contributed by atoms with van der Waals surface area (Å²) in [6.07, 6.45) is 3.46. The molecule has 1 saturated heterocycles. The summed E-state index contributed by atoms with van der Waals surface area (Å²) in [5.74, 6) is 2.51. The van der Waals surface area contributed by atoms with E-state index in [0.717, 1.165) is 63.1 Å². The number of aliphatic imine (C=N–C) groups is 1. The number of rotatable bonds is 9. The third-order valence-electron chi connectivity index (χ3n) is 6.00. The van der Waals surface area contributed by atoms with Gasteiger partial charge in [-0.25, -0.2) is 0 Å². The quantitative estimate of drug-likeness (QED) is 0.367. The van der Waals surface area contributed by atoms with Gasteiger partial charge in [0.25, 0.3) is 0 Å². The molecule has 7 heteroatoms. The minimum absolute atomic E-state index is 0.695. The lowest BCUT2D eigenvalue weighted by atomic mass is 9.96. The average Bonchev–Trinajstić information content (AvgIpc) is 3.11. The highest BCUT2D eigenvalue weighted by Gasteiger charge is 2.19. The number of nitrogens with one attached hydrogen (secondary N) is 2. The summed E-state index contributed by atoms with van der Waals surface area (Å²) in [4.78, 5) is 6.92. The predicted octanol–water partition coefficient (Wildman–Crippen LogP) is 2.98. The van der Waals surface area contributed by atoms with Crippen LogP contribution in [-0.2, 0) is 13.1 Å². The maximum atomic E-state index is 5.25. The lowest BCUT2D eigenvalue weighted by molar-refractivity contribution is 0.178. The van der Waals surface area contributed by atoms with Crippen molar-refractivity contribution in [3.63, 3.8) is 0 Å². The van der Waals surface area contributed by atoms with Gasteiger partial charge in [-0.15, -0.1) is 0 Å². The van der Waals surface area contributed by atoms with E-state index >= 15 is 0 Å². The van der Waals surface area contributed by atoms with E-state index in [1.54, 1.807) is 7.11 Å². The van der Waals surface area contributed by atoms with Gasteiger partial charge in [-0.05, 0) is 75.9 Å². The molecule has 2 heterocycles. The second-order valence-electron chi connectivity index (χ2n) is 8.45. The summed E-state index contributed by atoms with van der Waals surface area (Å²) < 4.78 is 7.32. The summed E-state index contributed by atoms with van der Waals surface area (Å²) in [6.45, 7) is 10.2. The first kappa shape index (κ1) is 23.1. The zero-order chi connectivity index (χ0) is 22.1. The number of methoxy groups -OCH3 is 1. The van der Waals surface area contributed by atoms with Gasteiger partial charge in [0.2, 0.25) is 0 Å². The number of benzene rings is 1. The molecule has 2 aromatic rings. The Bertz CT molecular complexity index is 821. The fourth-order valence-corrected chi connectivity index (χ4v) is 4.14. The molecule has 0 spiro atoms. The second kappa shape index (κ2) is 11.7. The molecule has 0 amide bonds. The number of guanidine groups is 1. The van der Waals surface area contributed by atoms with Crippen LogP contribution in [0.15, 0.2) is 35.3 Å². The molecule has 0 saturated carbocycles. The van der Waals surface area contributed by atoms with Gasteiger partial charge in [-0.1, -0.05) is 12.1 Å². The molecule has 1 aromatic heterocycles. The minimum Gasteiger partial charge on any atom is -0.497 e. The second-order valence-corrected chi connectivity index (χ2v) is 8.45. The first-order valence-corrected chi connectivity index (χ1v) is 11.4. The molecule has 1 fully saturated rings. The van der Waals surface area contributed by atoms with E-state index < -0.39 is 0 Å². The third kappa shape index (κ3) is 7.28. The summed E-state index contributed by atoms with van der Waals surface area (Å²) >= 11 is 0. The maximum Gasteiger partial charge on any atom is 0.190 e. The Hall–Kier alpha value is -2.54. The smallest absolute Gasteiger partial charge is 0.190 e. The SMILES string of the molecule is CN=C(NCCCn1nc(C)cc1C)NCC1CCN(Cc2ccc(OC)cc2)CC1. The van der Waals surface area contributed by atoms with Crippen LogP contribution in [0.1, 0.15) is 36.2 Å². The van der Waals surface area contributed by atoms with Gasteiger partial charge >= 0.3 is 0 Å². The maximum absolute atomic E-state index is 5.25. The first-order valence-electron chi connectivity index (χ1n) is 11.4. The number of hydrogen-bond donors (Lipinski definition) is 2. The van der Waals surface area contributed by atoms with E-state index in [4.69, 9.17) is 4.74 Å². The molecule has 2 N–H and O–H groups in total. The van der Waals surface area contributed by atoms with Crippen molar-refractivity contribution in [3.8, 4) is 5.75 Å². The molecular weight excluding hydrogens is 388 g/mol. The molecule has 0 unspecified atom stereocenters. The van der Waals surface area contributed by atoms with Gasteiger partial charge in [0.1, 0.15) is 5.75 Å². The fourth-order valence-electron chi connectivity index (χ4n) is 4.14. The van der Waals surface area contributed by atoms with Gasteiger partial charge in [0.15, 0.2) is 5.96 Å². The van der Waals surface area contributed by atoms with Crippen LogP contribution in [0.4, 0.5) is 0 Å². The van der Waals surface area contributed by atoms with Crippen molar-refractivity contribution in [3.05, 3.63) is 47.3 Å². The van der Waals surface area contributed by atoms with E-state index in [0.29, 0.717) is 5.92 Å². The molecule has 0 atom stereocenters. The Morgan fingerprint density at radius 2 is 1.90 bits per heavy atom. The van der Waals surface area contributed by atoms with Gasteiger partial charge in [-0.2, -0.15) is 5.10 Å². The summed E-state index contributed by atoms with van der Waals surface area (Å²) in [6, 6.07) is 10.5. The topological polar surface area (TPSA) is 66.7 Å². The van der Waals surface area contributed by atoms with E-state index in [-0.39, 0.29) is 0 Å². The Morgan fingerprint density at radius 1 is 1.16 bits per heavy atom. The summed E-state index contributed by atoms with van der Waals surface area (Å²) in [5.41, 5.74) is 3.65. The highest BCUT2D eigenvalue weighted by Crippen LogP contribution is 2.19.